The van der Waals surface area contributed by atoms with Crippen molar-refractivity contribution in [3.63, 3.8) is 0 Å². The summed E-state index contributed by atoms with van der Waals surface area (Å²) in [5, 5.41) is 8.43. The van der Waals surface area contributed by atoms with Crippen molar-refractivity contribution in [2.45, 2.75) is 64.0 Å². The van der Waals surface area contributed by atoms with E-state index in [0.717, 1.165) is 13.8 Å². The maximum Gasteiger partial charge on any atom is 0.397 e. The summed E-state index contributed by atoms with van der Waals surface area (Å²) in [5.74, 6) is -0.526. The highest BCUT2D eigenvalue weighted by Gasteiger charge is 2.48. The fourth-order valence-corrected chi connectivity index (χ4v) is 2.81. The summed E-state index contributed by atoms with van der Waals surface area (Å²) in [5.41, 5.74) is -1.10. The molecule has 0 aliphatic carbocycles. The minimum Gasteiger partial charge on any atom is -0.348 e. The van der Waals surface area contributed by atoms with Crippen molar-refractivity contribution in [3.05, 3.63) is 35.4 Å². The molecule has 1 saturated heterocycles. The monoisotopic (exact) mass is 371 g/mol. The number of hydrogen-bond acceptors (Lipinski definition) is 3. The van der Waals surface area contributed by atoms with Crippen LogP contribution in [0, 0.1) is 0 Å². The molecule has 3 N–H and O–H groups in total. The number of hydrogen-bond donors (Lipinski definition) is 3. The highest BCUT2D eigenvalue weighted by molar-refractivity contribution is 5.89. The molecule has 1 aliphatic rings. The van der Waals surface area contributed by atoms with Gasteiger partial charge in [-0.05, 0) is 38.8 Å². The van der Waals surface area contributed by atoms with Gasteiger partial charge < -0.3 is 10.6 Å². The minimum atomic E-state index is -4.35. The van der Waals surface area contributed by atoms with Crippen molar-refractivity contribution < 1.29 is 22.8 Å². The fraction of sp³-hybridized carbons (Fsp3) is 0.556. The van der Waals surface area contributed by atoms with Gasteiger partial charge in [0.25, 0.3) is 0 Å². The second-order valence-electron chi connectivity index (χ2n) is 7.19. The average molecular weight is 371 g/mol. The van der Waals surface area contributed by atoms with E-state index >= 15 is 0 Å². The Hall–Kier alpha value is -2.09. The number of carbonyl (C=O) groups is 2. The molecule has 3 atom stereocenters. The summed E-state index contributed by atoms with van der Waals surface area (Å²) in [7, 11) is 0. The number of nitrogens with one attached hydrogen (secondary N) is 3. The molecule has 0 spiro atoms. The van der Waals surface area contributed by atoms with Gasteiger partial charge in [0.05, 0.1) is 30.1 Å². The van der Waals surface area contributed by atoms with E-state index in [1.54, 1.807) is 26.0 Å². The summed E-state index contributed by atoms with van der Waals surface area (Å²) in [6, 6.07) is 4.99. The van der Waals surface area contributed by atoms with Crippen molar-refractivity contribution >= 4 is 11.8 Å². The largest absolute Gasteiger partial charge is 0.397 e. The Morgan fingerprint density at radius 2 is 1.81 bits per heavy atom. The molecule has 1 heterocycles. The molecule has 1 fully saturated rings. The first kappa shape index (κ1) is 20.2. The zero-order valence-corrected chi connectivity index (χ0v) is 15.2. The third-order valence-corrected chi connectivity index (χ3v) is 4.73. The topological polar surface area (TPSA) is 70.2 Å². The molecule has 8 heteroatoms. The molecular formula is C18H24F3N3O2. The van der Waals surface area contributed by atoms with Crippen LogP contribution in [0.15, 0.2) is 24.3 Å². The third kappa shape index (κ3) is 4.35. The van der Waals surface area contributed by atoms with Gasteiger partial charge in [-0.25, -0.2) is 0 Å². The fourth-order valence-electron chi connectivity index (χ4n) is 2.81. The predicted molar refractivity (Wildman–Crippen MR) is 91.2 cm³/mol. The van der Waals surface area contributed by atoms with Gasteiger partial charge in [-0.3, -0.25) is 14.9 Å². The molecule has 26 heavy (non-hydrogen) atoms. The van der Waals surface area contributed by atoms with Gasteiger partial charge in [0.15, 0.2) is 0 Å². The molecular weight excluding hydrogens is 347 g/mol. The molecule has 0 aromatic heterocycles. The van der Waals surface area contributed by atoms with Crippen LogP contribution in [-0.2, 0) is 15.0 Å². The van der Waals surface area contributed by atoms with E-state index in [-0.39, 0.29) is 30.0 Å². The summed E-state index contributed by atoms with van der Waals surface area (Å²) in [6.45, 7) is 5.75. The molecule has 5 nitrogen and oxygen atoms in total. The van der Waals surface area contributed by atoms with E-state index in [4.69, 9.17) is 0 Å². The third-order valence-electron chi connectivity index (χ3n) is 4.73. The first-order valence-electron chi connectivity index (χ1n) is 8.45. The lowest BCUT2D eigenvalue weighted by molar-refractivity contribution is -0.180. The first-order chi connectivity index (χ1) is 11.9. The SMILES string of the molecule is CC1NC(=O)CC(C(=O)NC(C)c2ccc(C(C)(C)C(F)(F)F)cc2)N1. The van der Waals surface area contributed by atoms with Gasteiger partial charge >= 0.3 is 6.18 Å². The molecule has 1 aliphatic heterocycles. The van der Waals surface area contributed by atoms with Crippen LogP contribution in [0.25, 0.3) is 0 Å². The first-order valence-corrected chi connectivity index (χ1v) is 8.45. The van der Waals surface area contributed by atoms with Crippen LogP contribution in [0.2, 0.25) is 0 Å². The molecule has 0 radical (unpaired) electrons. The number of halogens is 3. The van der Waals surface area contributed by atoms with Crippen LogP contribution in [0.5, 0.6) is 0 Å². The highest BCUT2D eigenvalue weighted by atomic mass is 19.4. The summed E-state index contributed by atoms with van der Waals surface area (Å²) < 4.78 is 39.4. The quantitative estimate of drug-likeness (QED) is 0.762. The van der Waals surface area contributed by atoms with Crippen molar-refractivity contribution in [2.75, 3.05) is 0 Å². The van der Waals surface area contributed by atoms with Crippen LogP contribution in [-0.4, -0.2) is 30.2 Å². The van der Waals surface area contributed by atoms with Crippen molar-refractivity contribution in [1.29, 1.82) is 0 Å². The number of benzene rings is 1. The Morgan fingerprint density at radius 3 is 2.31 bits per heavy atom. The summed E-state index contributed by atoms with van der Waals surface area (Å²) in [6.07, 6.45) is -4.61. The molecule has 1 aromatic rings. The van der Waals surface area contributed by atoms with Gasteiger partial charge in [0.1, 0.15) is 0 Å². The maximum absolute atomic E-state index is 13.1. The smallest absolute Gasteiger partial charge is 0.348 e. The van der Waals surface area contributed by atoms with Crippen LogP contribution in [0.3, 0.4) is 0 Å². The minimum absolute atomic E-state index is 0.0433. The van der Waals surface area contributed by atoms with Crippen LogP contribution in [0.1, 0.15) is 51.3 Å². The molecule has 2 rings (SSSR count). The Kier molecular flexibility index (Phi) is 5.65. The Balaban J connectivity index is 2.05. The van der Waals surface area contributed by atoms with Crippen LogP contribution in [0.4, 0.5) is 13.2 Å². The summed E-state index contributed by atoms with van der Waals surface area (Å²) >= 11 is 0. The normalized spacial score (nSPS) is 22.5. The van der Waals surface area contributed by atoms with Crippen LogP contribution < -0.4 is 16.0 Å². The number of rotatable bonds is 4. The van der Waals surface area contributed by atoms with E-state index < -0.39 is 23.7 Å². The molecule has 144 valence electrons. The lowest BCUT2D eigenvalue weighted by atomic mass is 9.83. The van der Waals surface area contributed by atoms with Crippen LogP contribution >= 0.6 is 0 Å². The van der Waals surface area contributed by atoms with E-state index in [9.17, 15) is 22.8 Å². The van der Waals surface area contributed by atoms with Gasteiger partial charge in [-0.15, -0.1) is 0 Å². The lowest BCUT2D eigenvalue weighted by Crippen LogP contribution is -2.59. The number of alkyl halides is 3. The zero-order valence-electron chi connectivity index (χ0n) is 15.2. The average Bonchev–Trinajstić information content (AvgIpc) is 2.52. The molecule has 2 amide bonds. The number of amides is 2. The van der Waals surface area contributed by atoms with Crippen molar-refractivity contribution in [3.8, 4) is 0 Å². The highest BCUT2D eigenvalue weighted by Crippen LogP contribution is 2.40. The Bertz CT molecular complexity index is 671. The molecule has 0 saturated carbocycles. The van der Waals surface area contributed by atoms with Gasteiger partial charge in [-0.2, -0.15) is 13.2 Å². The molecule has 1 aromatic carbocycles. The van der Waals surface area contributed by atoms with E-state index in [1.165, 1.54) is 12.1 Å². The standard InChI is InChI=1S/C18H24F3N3O2/c1-10(22-16(26)14-9-15(25)24-11(2)23-14)12-5-7-13(8-6-12)17(3,4)18(19,20)21/h5-8,10-11,14,23H,9H2,1-4H3,(H,22,26)(H,24,25). The molecule has 3 unspecified atom stereocenters. The summed E-state index contributed by atoms with van der Waals surface area (Å²) in [4.78, 5) is 23.9. The second-order valence-corrected chi connectivity index (χ2v) is 7.19. The Labute approximate surface area is 150 Å². The molecule has 0 bridgehead atoms. The van der Waals surface area contributed by atoms with E-state index in [0.29, 0.717) is 5.56 Å². The van der Waals surface area contributed by atoms with Crippen molar-refractivity contribution in [2.24, 2.45) is 0 Å². The van der Waals surface area contributed by atoms with Gasteiger partial charge in [0, 0.05) is 0 Å². The van der Waals surface area contributed by atoms with E-state index in [2.05, 4.69) is 16.0 Å². The van der Waals surface area contributed by atoms with Gasteiger partial charge in [0.2, 0.25) is 11.8 Å². The second kappa shape index (κ2) is 7.26. The zero-order chi connectivity index (χ0) is 19.7. The maximum atomic E-state index is 13.1. The van der Waals surface area contributed by atoms with Gasteiger partial charge in [-0.1, -0.05) is 24.3 Å². The number of carbonyl (C=O) groups excluding carboxylic acids is 2. The van der Waals surface area contributed by atoms with Crippen molar-refractivity contribution in [1.82, 2.24) is 16.0 Å². The Morgan fingerprint density at radius 1 is 1.23 bits per heavy atom. The predicted octanol–water partition coefficient (Wildman–Crippen LogP) is 2.53. The van der Waals surface area contributed by atoms with E-state index in [1.807, 2.05) is 0 Å². The lowest BCUT2D eigenvalue weighted by Gasteiger charge is -2.30.